The van der Waals surface area contributed by atoms with E-state index in [1.165, 1.54) is 12.2 Å². The van der Waals surface area contributed by atoms with E-state index in [1.807, 2.05) is 0 Å². The van der Waals surface area contributed by atoms with Crippen molar-refractivity contribution in [3.63, 3.8) is 0 Å². The van der Waals surface area contributed by atoms with Gasteiger partial charge in [0, 0.05) is 0 Å². The monoisotopic (exact) mass is 420 g/mol. The second-order valence-electron chi connectivity index (χ2n) is 7.49. The van der Waals surface area contributed by atoms with Crippen LogP contribution in [0.2, 0.25) is 0 Å². The van der Waals surface area contributed by atoms with Crippen LogP contribution in [0, 0.1) is 0 Å². The maximum atomic E-state index is 11.1. The molecule has 0 aliphatic rings. The fraction of sp³-hybridized carbons (Fsp3) is 0.857. The Hall–Kier alpha value is -1.03. The van der Waals surface area contributed by atoms with Gasteiger partial charge in [0.2, 0.25) is 0 Å². The maximum Gasteiger partial charge on any atom is 0.332 e. The summed E-state index contributed by atoms with van der Waals surface area (Å²) in [5.41, 5.74) is 0. The number of ether oxygens (including phenoxy) is 1. The molecular weight excluding hydrogens is 380 g/mol. The highest BCUT2D eigenvalue weighted by atomic mass is 16.5. The van der Waals surface area contributed by atoms with Gasteiger partial charge in [-0.2, -0.15) is 0 Å². The topological polar surface area (TPSA) is 148 Å². The molecule has 0 saturated carbocycles. The zero-order valence-electron chi connectivity index (χ0n) is 17.5. The lowest BCUT2D eigenvalue weighted by atomic mass is 10.0. The van der Waals surface area contributed by atoms with Crippen LogP contribution in [0.1, 0.15) is 71.1 Å². The first kappa shape index (κ1) is 28.0. The van der Waals surface area contributed by atoms with Crippen LogP contribution in [-0.2, 0) is 9.53 Å². The molecule has 0 bridgehead atoms. The van der Waals surface area contributed by atoms with Gasteiger partial charge in [0.25, 0.3) is 0 Å². The molecule has 0 rings (SSSR count). The van der Waals surface area contributed by atoms with Crippen molar-refractivity contribution in [1.82, 2.24) is 0 Å². The molecule has 5 unspecified atom stereocenters. The molecule has 0 aromatic heterocycles. The van der Waals surface area contributed by atoms with Gasteiger partial charge in [-0.05, 0) is 19.3 Å². The number of hydrogen-bond donors (Lipinski definition) is 6. The minimum absolute atomic E-state index is 0.224. The van der Waals surface area contributed by atoms with E-state index in [0.29, 0.717) is 32.1 Å². The number of aliphatic carboxylic acids is 1. The van der Waals surface area contributed by atoms with Gasteiger partial charge in [-0.3, -0.25) is 0 Å². The number of unbranched alkanes of at least 4 members (excludes halogenated alkanes) is 5. The molecule has 0 aromatic rings. The summed E-state index contributed by atoms with van der Waals surface area (Å²) in [5, 5.41) is 56.7. The second kappa shape index (κ2) is 17.8. The molecule has 0 aromatic carbocycles. The number of rotatable bonds is 19. The maximum absolute atomic E-state index is 11.1. The Balaban J connectivity index is 3.92. The Kier molecular flexibility index (Phi) is 17.2. The van der Waals surface area contributed by atoms with E-state index in [-0.39, 0.29) is 6.61 Å². The molecule has 0 fully saturated rings. The van der Waals surface area contributed by atoms with Crippen LogP contribution in [0.5, 0.6) is 0 Å². The Morgan fingerprint density at radius 3 is 2.10 bits per heavy atom. The van der Waals surface area contributed by atoms with Gasteiger partial charge in [-0.1, -0.05) is 64.0 Å². The molecular formula is C21H40O8. The lowest BCUT2D eigenvalue weighted by Crippen LogP contribution is -2.29. The first-order valence-corrected chi connectivity index (χ1v) is 10.7. The van der Waals surface area contributed by atoms with Gasteiger partial charge in [0.1, 0.15) is 6.10 Å². The highest BCUT2D eigenvalue weighted by Gasteiger charge is 2.19. The van der Waals surface area contributed by atoms with Crippen LogP contribution in [0.25, 0.3) is 0 Å². The van der Waals surface area contributed by atoms with Crippen LogP contribution in [-0.4, -0.2) is 80.3 Å². The van der Waals surface area contributed by atoms with Crippen LogP contribution >= 0.6 is 0 Å². The standard InChI is InChI=1S/C21H40O8/c1-2-3-6-9-16(23)12-13-19(26)18(25)10-7-4-5-8-11-20(21(27)28)29-15-17(24)14-22/h12-13,16-20,22-26H,2-11,14-15H2,1H3,(H,27,28)/b13-12+. The second-order valence-corrected chi connectivity index (χ2v) is 7.49. The largest absolute Gasteiger partial charge is 0.479 e. The zero-order chi connectivity index (χ0) is 22.1. The van der Waals surface area contributed by atoms with Gasteiger partial charge in [-0.15, -0.1) is 0 Å². The lowest BCUT2D eigenvalue weighted by Gasteiger charge is -2.16. The third-order valence-corrected chi connectivity index (χ3v) is 4.72. The van der Waals surface area contributed by atoms with Crippen molar-refractivity contribution in [3.8, 4) is 0 Å². The van der Waals surface area contributed by atoms with E-state index >= 15 is 0 Å². The van der Waals surface area contributed by atoms with E-state index < -0.39 is 43.1 Å². The average Bonchev–Trinajstić information content (AvgIpc) is 2.70. The van der Waals surface area contributed by atoms with Crippen LogP contribution < -0.4 is 0 Å². The summed E-state index contributed by atoms with van der Waals surface area (Å²) in [4.78, 5) is 11.1. The predicted octanol–water partition coefficient (Wildman–Crippen LogP) is 1.37. The molecule has 29 heavy (non-hydrogen) atoms. The van der Waals surface area contributed by atoms with Gasteiger partial charge in [-0.25, -0.2) is 4.79 Å². The first-order valence-electron chi connectivity index (χ1n) is 10.7. The summed E-state index contributed by atoms with van der Waals surface area (Å²) in [7, 11) is 0. The van der Waals surface area contributed by atoms with Gasteiger partial charge < -0.3 is 35.4 Å². The van der Waals surface area contributed by atoms with Crippen molar-refractivity contribution < 1.29 is 40.2 Å². The van der Waals surface area contributed by atoms with Gasteiger partial charge in [0.15, 0.2) is 6.10 Å². The summed E-state index contributed by atoms with van der Waals surface area (Å²) in [6, 6.07) is 0. The fourth-order valence-corrected chi connectivity index (χ4v) is 2.84. The van der Waals surface area contributed by atoms with Crippen molar-refractivity contribution in [2.45, 2.75) is 102 Å². The molecule has 8 heteroatoms. The van der Waals surface area contributed by atoms with E-state index in [4.69, 9.17) is 14.9 Å². The van der Waals surface area contributed by atoms with Crippen molar-refractivity contribution >= 4 is 5.97 Å². The number of carboxylic acid groups (broad SMARTS) is 1. The van der Waals surface area contributed by atoms with E-state index in [2.05, 4.69) is 6.92 Å². The van der Waals surface area contributed by atoms with Gasteiger partial charge in [0.05, 0.1) is 31.5 Å². The molecule has 0 aliphatic heterocycles. The van der Waals surface area contributed by atoms with Crippen LogP contribution in [0.15, 0.2) is 12.2 Å². The molecule has 0 heterocycles. The van der Waals surface area contributed by atoms with E-state index in [1.54, 1.807) is 0 Å². The molecule has 5 atom stereocenters. The van der Waals surface area contributed by atoms with Gasteiger partial charge >= 0.3 is 5.97 Å². The molecule has 172 valence electrons. The Labute approximate surface area is 173 Å². The third-order valence-electron chi connectivity index (χ3n) is 4.72. The smallest absolute Gasteiger partial charge is 0.332 e. The zero-order valence-corrected chi connectivity index (χ0v) is 17.5. The van der Waals surface area contributed by atoms with Crippen molar-refractivity contribution in [1.29, 1.82) is 0 Å². The van der Waals surface area contributed by atoms with E-state index in [9.17, 15) is 25.2 Å². The van der Waals surface area contributed by atoms with Crippen LogP contribution in [0.3, 0.4) is 0 Å². The number of carboxylic acids is 1. The highest BCUT2D eigenvalue weighted by molar-refractivity contribution is 5.72. The predicted molar refractivity (Wildman–Crippen MR) is 109 cm³/mol. The molecule has 0 aliphatic carbocycles. The number of aliphatic hydroxyl groups is 5. The van der Waals surface area contributed by atoms with Crippen molar-refractivity contribution in [2.75, 3.05) is 13.2 Å². The van der Waals surface area contributed by atoms with Crippen molar-refractivity contribution in [3.05, 3.63) is 12.2 Å². The summed E-state index contributed by atoms with van der Waals surface area (Å²) in [5.74, 6) is -1.10. The highest BCUT2D eigenvalue weighted by Crippen LogP contribution is 2.13. The molecule has 0 amide bonds. The Morgan fingerprint density at radius 1 is 0.897 bits per heavy atom. The Morgan fingerprint density at radius 2 is 1.52 bits per heavy atom. The van der Waals surface area contributed by atoms with E-state index in [0.717, 1.165) is 32.1 Å². The number of aliphatic hydroxyl groups excluding tert-OH is 5. The summed E-state index contributed by atoms with van der Waals surface area (Å²) >= 11 is 0. The quantitative estimate of drug-likeness (QED) is 0.136. The summed E-state index contributed by atoms with van der Waals surface area (Å²) in [6.07, 6.45) is 5.61. The normalized spacial score (nSPS) is 17.2. The van der Waals surface area contributed by atoms with Crippen molar-refractivity contribution in [2.24, 2.45) is 0 Å². The molecule has 6 N–H and O–H groups in total. The summed E-state index contributed by atoms with van der Waals surface area (Å²) < 4.78 is 5.10. The molecule has 0 radical (unpaired) electrons. The summed E-state index contributed by atoms with van der Waals surface area (Å²) in [6.45, 7) is 1.39. The number of hydrogen-bond acceptors (Lipinski definition) is 7. The fourth-order valence-electron chi connectivity index (χ4n) is 2.84. The Bertz CT molecular complexity index is 429. The third kappa shape index (κ3) is 15.5. The average molecular weight is 421 g/mol. The SMILES string of the molecule is CCCCCC(O)/C=C/C(O)C(O)CCCCCCC(OCC(O)CO)C(=O)O. The minimum Gasteiger partial charge on any atom is -0.479 e. The molecule has 0 spiro atoms. The molecule has 8 nitrogen and oxygen atoms in total. The molecule has 0 saturated heterocycles. The number of carbonyl (C=O) groups is 1. The minimum atomic E-state index is -1.10. The van der Waals surface area contributed by atoms with Crippen LogP contribution in [0.4, 0.5) is 0 Å². The lowest BCUT2D eigenvalue weighted by molar-refractivity contribution is -0.153. The first-order chi connectivity index (χ1) is 13.8.